The van der Waals surface area contributed by atoms with Gasteiger partial charge in [-0.05, 0) is 6.54 Å². The summed E-state index contributed by atoms with van der Waals surface area (Å²) in [4.78, 5) is 34.5. The highest BCUT2D eigenvalue weighted by molar-refractivity contribution is 7.75. The number of hydrogen-bond donors (Lipinski definition) is 5. The molecule has 0 radical (unpaired) electrons. The van der Waals surface area contributed by atoms with Crippen molar-refractivity contribution < 1.29 is 28.7 Å². The molecule has 13 heavy (non-hydrogen) atoms. The van der Waals surface area contributed by atoms with E-state index in [-0.39, 0.29) is 6.54 Å². The summed E-state index contributed by atoms with van der Waals surface area (Å²) in [5.74, 6) is 0. The van der Waals surface area contributed by atoms with Crippen molar-refractivity contribution in [3.63, 3.8) is 0 Å². The van der Waals surface area contributed by atoms with Gasteiger partial charge in [-0.25, -0.2) is 0 Å². The standard InChI is InChI=1S/C3H10ClNO6P2/c4-3(1-2-5,12(6,7)8)13(9,10)11/h1-2,5H2,(H2,6,7,8)(H2,9,10,11). The van der Waals surface area contributed by atoms with Crippen LogP contribution in [0.3, 0.4) is 0 Å². The first-order valence-corrected chi connectivity index (χ1v) is 6.67. The number of rotatable bonds is 4. The van der Waals surface area contributed by atoms with Crippen molar-refractivity contribution >= 4 is 26.8 Å². The Hall–Kier alpha value is 0.550. The summed E-state index contributed by atoms with van der Waals surface area (Å²) in [6.45, 7) is -0.334. The van der Waals surface area contributed by atoms with Gasteiger partial charge in [-0.2, -0.15) is 0 Å². The van der Waals surface area contributed by atoms with Gasteiger partial charge in [-0.3, -0.25) is 9.13 Å². The smallest absolute Gasteiger partial charge is 0.330 e. The zero-order valence-electron chi connectivity index (χ0n) is 6.37. The maximum atomic E-state index is 10.7. The first kappa shape index (κ1) is 13.5. The van der Waals surface area contributed by atoms with Gasteiger partial charge in [0.2, 0.25) is 4.36 Å². The van der Waals surface area contributed by atoms with Crippen LogP contribution in [0, 0.1) is 0 Å². The highest BCUT2D eigenvalue weighted by Gasteiger charge is 2.58. The average Bonchev–Trinajstić information content (AvgIpc) is 1.82. The molecule has 0 unspecified atom stereocenters. The third kappa shape index (κ3) is 2.75. The van der Waals surface area contributed by atoms with Crippen LogP contribution in [-0.4, -0.2) is 30.5 Å². The second-order valence-corrected chi connectivity index (χ2v) is 7.57. The Kier molecular flexibility index (Phi) is 4.13. The van der Waals surface area contributed by atoms with Crippen LogP contribution in [-0.2, 0) is 9.13 Å². The van der Waals surface area contributed by atoms with Crippen molar-refractivity contribution in [3.8, 4) is 0 Å². The Bertz CT molecular complexity index is 247. The summed E-state index contributed by atoms with van der Waals surface area (Å²) in [5.41, 5.74) is 4.94. The number of halogens is 1. The van der Waals surface area contributed by atoms with Gasteiger partial charge in [0.05, 0.1) is 0 Å². The topological polar surface area (TPSA) is 141 Å². The minimum atomic E-state index is -5.10. The molecule has 0 bridgehead atoms. The SMILES string of the molecule is NCCC(Cl)(P(=O)(O)O)P(=O)(O)O. The Morgan fingerprint density at radius 1 is 1.15 bits per heavy atom. The van der Waals surface area contributed by atoms with Crippen LogP contribution in [0.1, 0.15) is 6.42 Å². The largest absolute Gasteiger partial charge is 0.358 e. The molecule has 0 spiro atoms. The lowest BCUT2D eigenvalue weighted by Crippen LogP contribution is -2.25. The molecule has 0 amide bonds. The molecule has 0 aromatic heterocycles. The minimum Gasteiger partial charge on any atom is -0.330 e. The zero-order valence-corrected chi connectivity index (χ0v) is 8.91. The molecular weight excluding hydrogens is 243 g/mol. The number of alkyl halides is 1. The molecule has 0 aromatic rings. The fraction of sp³-hybridized carbons (Fsp3) is 1.00. The monoisotopic (exact) mass is 253 g/mol. The lowest BCUT2D eigenvalue weighted by atomic mass is 10.5. The van der Waals surface area contributed by atoms with Gasteiger partial charge in [-0.15, -0.1) is 0 Å². The van der Waals surface area contributed by atoms with Gasteiger partial charge in [0, 0.05) is 6.42 Å². The van der Waals surface area contributed by atoms with Crippen LogP contribution in [0.5, 0.6) is 0 Å². The molecule has 0 saturated carbocycles. The van der Waals surface area contributed by atoms with Crippen molar-refractivity contribution in [1.82, 2.24) is 0 Å². The predicted octanol–water partition coefficient (Wildman–Crippen LogP) is -0.417. The van der Waals surface area contributed by atoms with Crippen LogP contribution >= 0.6 is 26.8 Å². The van der Waals surface area contributed by atoms with Gasteiger partial charge < -0.3 is 25.3 Å². The number of hydrogen-bond acceptors (Lipinski definition) is 3. The van der Waals surface area contributed by atoms with Crippen LogP contribution < -0.4 is 5.73 Å². The molecule has 0 fully saturated rings. The van der Waals surface area contributed by atoms with E-state index in [0.717, 1.165) is 0 Å². The zero-order chi connectivity index (χ0) is 10.9. The Morgan fingerprint density at radius 3 is 1.54 bits per heavy atom. The van der Waals surface area contributed by atoms with E-state index in [4.69, 9.17) is 36.9 Å². The van der Waals surface area contributed by atoms with E-state index in [2.05, 4.69) is 0 Å². The van der Waals surface area contributed by atoms with E-state index in [9.17, 15) is 9.13 Å². The summed E-state index contributed by atoms with van der Waals surface area (Å²) >= 11 is 5.19. The van der Waals surface area contributed by atoms with Crippen molar-refractivity contribution in [3.05, 3.63) is 0 Å². The average molecular weight is 254 g/mol. The van der Waals surface area contributed by atoms with Gasteiger partial charge in [0.15, 0.2) is 0 Å². The molecule has 0 aliphatic carbocycles. The van der Waals surface area contributed by atoms with Gasteiger partial charge in [-0.1, -0.05) is 11.6 Å². The third-order valence-corrected chi connectivity index (χ3v) is 6.66. The molecule has 6 N–H and O–H groups in total. The molecule has 0 atom stereocenters. The van der Waals surface area contributed by atoms with E-state index >= 15 is 0 Å². The molecule has 80 valence electrons. The minimum absolute atomic E-state index is 0.334. The molecule has 10 heteroatoms. The van der Waals surface area contributed by atoms with E-state index in [1.807, 2.05) is 0 Å². The van der Waals surface area contributed by atoms with Gasteiger partial charge >= 0.3 is 15.2 Å². The molecule has 0 aromatic carbocycles. The summed E-state index contributed by atoms with van der Waals surface area (Å²) in [6.07, 6.45) is -0.664. The summed E-state index contributed by atoms with van der Waals surface area (Å²) in [6, 6.07) is 0. The second-order valence-electron chi connectivity index (χ2n) is 2.35. The summed E-state index contributed by atoms with van der Waals surface area (Å²) < 4.78 is 18.5. The van der Waals surface area contributed by atoms with Crippen LogP contribution in [0.25, 0.3) is 0 Å². The maximum absolute atomic E-state index is 10.7. The molecule has 0 aliphatic rings. The van der Waals surface area contributed by atoms with Crippen LogP contribution in [0.2, 0.25) is 0 Å². The van der Waals surface area contributed by atoms with Crippen molar-refractivity contribution in [2.45, 2.75) is 10.8 Å². The van der Waals surface area contributed by atoms with Crippen LogP contribution in [0.4, 0.5) is 0 Å². The fourth-order valence-electron chi connectivity index (χ4n) is 0.645. The van der Waals surface area contributed by atoms with Crippen molar-refractivity contribution in [1.29, 1.82) is 0 Å². The molecule has 0 rings (SSSR count). The van der Waals surface area contributed by atoms with Crippen molar-refractivity contribution in [2.24, 2.45) is 5.73 Å². The fourth-order valence-corrected chi connectivity index (χ4v) is 2.95. The quantitative estimate of drug-likeness (QED) is 0.338. The Labute approximate surface area is 79.2 Å². The molecule has 0 aliphatic heterocycles. The maximum Gasteiger partial charge on any atom is 0.358 e. The molecule has 0 heterocycles. The lowest BCUT2D eigenvalue weighted by Gasteiger charge is -2.27. The summed E-state index contributed by atoms with van der Waals surface area (Å²) in [7, 11) is -10.2. The predicted molar refractivity (Wildman–Crippen MR) is 46.3 cm³/mol. The first-order chi connectivity index (χ1) is 5.56. The van der Waals surface area contributed by atoms with E-state index in [1.165, 1.54) is 0 Å². The van der Waals surface area contributed by atoms with E-state index < -0.39 is 26.0 Å². The normalized spacial score (nSPS) is 14.6. The van der Waals surface area contributed by atoms with Gasteiger partial charge in [0.25, 0.3) is 0 Å². The van der Waals surface area contributed by atoms with E-state index in [0.29, 0.717) is 0 Å². The third-order valence-electron chi connectivity index (χ3n) is 1.36. The van der Waals surface area contributed by atoms with Gasteiger partial charge in [0.1, 0.15) is 0 Å². The Balaban J connectivity index is 5.22. The summed E-state index contributed by atoms with van der Waals surface area (Å²) in [5, 5.41) is 0. The van der Waals surface area contributed by atoms with Crippen LogP contribution in [0.15, 0.2) is 0 Å². The second kappa shape index (κ2) is 3.96. The van der Waals surface area contributed by atoms with E-state index in [1.54, 1.807) is 0 Å². The number of nitrogens with two attached hydrogens (primary N) is 1. The Morgan fingerprint density at radius 2 is 1.46 bits per heavy atom. The molecule has 0 saturated heterocycles. The molecule has 7 nitrogen and oxygen atoms in total. The van der Waals surface area contributed by atoms with Crippen molar-refractivity contribution in [2.75, 3.05) is 6.54 Å². The highest BCUT2D eigenvalue weighted by atomic mass is 35.5. The highest BCUT2D eigenvalue weighted by Crippen LogP contribution is 2.72. The lowest BCUT2D eigenvalue weighted by molar-refractivity contribution is 0.327. The molecular formula is C3H10ClNO6P2. The first-order valence-electron chi connectivity index (χ1n) is 3.06.